The van der Waals surface area contributed by atoms with Crippen LogP contribution >= 0.6 is 0 Å². The second-order valence-corrected chi connectivity index (χ2v) is 3.07. The van der Waals surface area contributed by atoms with Crippen molar-refractivity contribution in [1.29, 1.82) is 0 Å². The fraction of sp³-hybridized carbons (Fsp3) is 0.300. The number of nitrogens with one attached hydrogen (secondary N) is 1. The van der Waals surface area contributed by atoms with Crippen LogP contribution in [-0.4, -0.2) is 17.6 Å². The van der Waals surface area contributed by atoms with E-state index in [1.165, 1.54) is 24.3 Å². The summed E-state index contributed by atoms with van der Waals surface area (Å²) in [6.07, 6.45) is 0.255. The molecule has 0 fully saturated rings. The van der Waals surface area contributed by atoms with Crippen molar-refractivity contribution in [2.75, 3.05) is 6.54 Å². The first-order chi connectivity index (χ1) is 7.63. The van der Waals surface area contributed by atoms with Crippen molar-refractivity contribution in [2.45, 2.75) is 13.3 Å². The Morgan fingerprint density at radius 2 is 2.06 bits per heavy atom. The Morgan fingerprint density at radius 3 is 2.56 bits per heavy atom. The summed E-state index contributed by atoms with van der Waals surface area (Å²) in [5.41, 5.74) is -0.0404. The van der Waals surface area contributed by atoms with E-state index in [-0.39, 0.29) is 11.4 Å². The largest absolute Gasteiger partial charge is 0.412 e. The summed E-state index contributed by atoms with van der Waals surface area (Å²) in [4.78, 5) is 21.0. The van der Waals surface area contributed by atoms with Crippen LogP contribution in [0.4, 0.5) is 10.5 Å². The number of carbonyl (C=O) groups is 1. The fourth-order valence-corrected chi connectivity index (χ4v) is 1.01. The Bertz CT molecular complexity index is 375. The van der Waals surface area contributed by atoms with Gasteiger partial charge in [0.1, 0.15) is 5.75 Å². The van der Waals surface area contributed by atoms with E-state index in [9.17, 15) is 14.9 Å². The van der Waals surface area contributed by atoms with Crippen LogP contribution in [0.5, 0.6) is 5.75 Å². The van der Waals surface area contributed by atoms with Gasteiger partial charge in [-0.3, -0.25) is 10.1 Å². The van der Waals surface area contributed by atoms with Crippen molar-refractivity contribution >= 4 is 11.8 Å². The lowest BCUT2D eigenvalue weighted by atomic mass is 10.3. The second-order valence-electron chi connectivity index (χ2n) is 3.07. The number of nitro groups is 1. The molecular weight excluding hydrogens is 212 g/mol. The third-order valence-corrected chi connectivity index (χ3v) is 1.78. The van der Waals surface area contributed by atoms with Gasteiger partial charge < -0.3 is 10.1 Å². The molecule has 0 radical (unpaired) electrons. The molecule has 0 saturated heterocycles. The molecule has 1 rings (SSSR count). The Hall–Kier alpha value is -2.11. The van der Waals surface area contributed by atoms with Crippen LogP contribution < -0.4 is 10.1 Å². The number of nitro benzene ring substituents is 1. The van der Waals surface area contributed by atoms with Gasteiger partial charge in [-0.1, -0.05) is 6.92 Å². The van der Waals surface area contributed by atoms with Crippen LogP contribution in [-0.2, 0) is 0 Å². The van der Waals surface area contributed by atoms with Crippen molar-refractivity contribution in [3.8, 4) is 5.75 Å². The highest BCUT2D eigenvalue weighted by molar-refractivity contribution is 5.70. The zero-order valence-electron chi connectivity index (χ0n) is 8.80. The molecule has 0 heterocycles. The Morgan fingerprint density at radius 1 is 1.44 bits per heavy atom. The van der Waals surface area contributed by atoms with Crippen LogP contribution in [0.3, 0.4) is 0 Å². The molecule has 0 atom stereocenters. The van der Waals surface area contributed by atoms with Crippen molar-refractivity contribution in [1.82, 2.24) is 5.32 Å². The summed E-state index contributed by atoms with van der Waals surface area (Å²) in [5, 5.41) is 12.9. The Balaban J connectivity index is 2.55. The van der Waals surface area contributed by atoms with Gasteiger partial charge in [0, 0.05) is 18.7 Å². The first-order valence-electron chi connectivity index (χ1n) is 4.83. The van der Waals surface area contributed by atoms with E-state index in [0.29, 0.717) is 6.54 Å². The number of non-ortho nitro benzene ring substituents is 1. The van der Waals surface area contributed by atoms with E-state index in [1.54, 1.807) is 0 Å². The molecule has 6 nitrogen and oxygen atoms in total. The SMILES string of the molecule is CCCNC(=O)Oc1ccc([N+](=O)[O-])cc1. The summed E-state index contributed by atoms with van der Waals surface area (Å²) in [6, 6.07) is 5.32. The molecule has 6 heteroatoms. The van der Waals surface area contributed by atoms with Gasteiger partial charge in [0.05, 0.1) is 4.92 Å². The molecule has 1 aromatic carbocycles. The van der Waals surface area contributed by atoms with Crippen LogP contribution in [0.15, 0.2) is 24.3 Å². The molecule has 1 N–H and O–H groups in total. The fourth-order valence-electron chi connectivity index (χ4n) is 1.01. The number of amides is 1. The Kier molecular flexibility index (Phi) is 4.26. The molecule has 86 valence electrons. The molecule has 0 aromatic heterocycles. The molecule has 1 amide bonds. The van der Waals surface area contributed by atoms with Gasteiger partial charge >= 0.3 is 6.09 Å². The van der Waals surface area contributed by atoms with Gasteiger partial charge in [0.15, 0.2) is 0 Å². The number of hydrogen-bond acceptors (Lipinski definition) is 4. The molecule has 0 saturated carbocycles. The number of ether oxygens (including phenoxy) is 1. The van der Waals surface area contributed by atoms with Gasteiger partial charge in [0.2, 0.25) is 0 Å². The summed E-state index contributed by atoms with van der Waals surface area (Å²) < 4.78 is 4.88. The number of rotatable bonds is 4. The predicted molar refractivity (Wildman–Crippen MR) is 57.4 cm³/mol. The quantitative estimate of drug-likeness (QED) is 0.627. The smallest absolute Gasteiger partial charge is 0.410 e. The third kappa shape index (κ3) is 3.56. The van der Waals surface area contributed by atoms with Crippen LogP contribution in [0, 0.1) is 10.1 Å². The van der Waals surface area contributed by atoms with Gasteiger partial charge in [-0.2, -0.15) is 0 Å². The average molecular weight is 224 g/mol. The van der Waals surface area contributed by atoms with Crippen molar-refractivity contribution in [2.24, 2.45) is 0 Å². The highest BCUT2D eigenvalue weighted by Gasteiger charge is 2.06. The molecular formula is C10H12N2O4. The monoisotopic (exact) mass is 224 g/mol. The van der Waals surface area contributed by atoms with Crippen LogP contribution in [0.1, 0.15) is 13.3 Å². The number of carbonyl (C=O) groups excluding carboxylic acids is 1. The highest BCUT2D eigenvalue weighted by atomic mass is 16.6. The zero-order valence-corrected chi connectivity index (χ0v) is 8.80. The number of benzene rings is 1. The maximum absolute atomic E-state index is 11.1. The van der Waals surface area contributed by atoms with E-state index in [0.717, 1.165) is 6.42 Å². The molecule has 16 heavy (non-hydrogen) atoms. The lowest BCUT2D eigenvalue weighted by Gasteiger charge is -2.04. The van der Waals surface area contributed by atoms with Gasteiger partial charge in [-0.15, -0.1) is 0 Å². The maximum atomic E-state index is 11.1. The second kappa shape index (κ2) is 5.69. The normalized spacial score (nSPS) is 9.56. The van der Waals surface area contributed by atoms with E-state index < -0.39 is 11.0 Å². The summed E-state index contributed by atoms with van der Waals surface area (Å²) in [6.45, 7) is 2.46. The minimum Gasteiger partial charge on any atom is -0.410 e. The highest BCUT2D eigenvalue weighted by Crippen LogP contribution is 2.17. The van der Waals surface area contributed by atoms with Crippen molar-refractivity contribution in [3.63, 3.8) is 0 Å². The average Bonchev–Trinajstić information content (AvgIpc) is 2.27. The molecule has 0 bridgehead atoms. The maximum Gasteiger partial charge on any atom is 0.412 e. The van der Waals surface area contributed by atoms with E-state index in [4.69, 9.17) is 4.74 Å². The molecule has 0 spiro atoms. The first-order valence-corrected chi connectivity index (χ1v) is 4.83. The summed E-state index contributed by atoms with van der Waals surface area (Å²) >= 11 is 0. The number of nitrogens with zero attached hydrogens (tertiary/aromatic N) is 1. The molecule has 1 aromatic rings. The molecule has 0 aliphatic rings. The topological polar surface area (TPSA) is 81.5 Å². The minimum atomic E-state index is -0.560. The van der Waals surface area contributed by atoms with Crippen LogP contribution in [0.2, 0.25) is 0 Å². The van der Waals surface area contributed by atoms with Crippen molar-refractivity contribution in [3.05, 3.63) is 34.4 Å². The van der Waals surface area contributed by atoms with Gasteiger partial charge in [-0.05, 0) is 18.6 Å². The first kappa shape index (κ1) is 12.0. The lowest BCUT2D eigenvalue weighted by molar-refractivity contribution is -0.384. The van der Waals surface area contributed by atoms with Crippen molar-refractivity contribution < 1.29 is 14.5 Å². The molecule has 0 aliphatic carbocycles. The standard InChI is InChI=1S/C10H12N2O4/c1-2-7-11-10(13)16-9-5-3-8(4-6-9)12(14)15/h3-6H,2,7H2,1H3,(H,11,13). The van der Waals surface area contributed by atoms with E-state index in [1.807, 2.05) is 6.92 Å². The third-order valence-electron chi connectivity index (χ3n) is 1.78. The van der Waals surface area contributed by atoms with Gasteiger partial charge in [0.25, 0.3) is 5.69 Å². The summed E-state index contributed by atoms with van der Waals surface area (Å²) in [7, 11) is 0. The molecule has 0 aliphatic heterocycles. The Labute approximate surface area is 92.4 Å². The zero-order chi connectivity index (χ0) is 12.0. The molecule has 0 unspecified atom stereocenters. The number of hydrogen-bond donors (Lipinski definition) is 1. The summed E-state index contributed by atoms with van der Waals surface area (Å²) in [5.74, 6) is 0.277. The van der Waals surface area contributed by atoms with E-state index in [2.05, 4.69) is 5.32 Å². The lowest BCUT2D eigenvalue weighted by Crippen LogP contribution is -2.27. The van der Waals surface area contributed by atoms with E-state index >= 15 is 0 Å². The predicted octanol–water partition coefficient (Wildman–Crippen LogP) is 2.09. The van der Waals surface area contributed by atoms with Gasteiger partial charge in [-0.25, -0.2) is 4.79 Å². The minimum absolute atomic E-state index is 0.0404. The van der Waals surface area contributed by atoms with Crippen LogP contribution in [0.25, 0.3) is 0 Å².